The first-order valence-corrected chi connectivity index (χ1v) is 11.6. The van der Waals surface area contributed by atoms with E-state index in [4.69, 9.17) is 19.4 Å². The van der Waals surface area contributed by atoms with Crippen LogP contribution in [0.5, 0.6) is 11.5 Å². The summed E-state index contributed by atoms with van der Waals surface area (Å²) in [5.41, 5.74) is 2.94. The highest BCUT2D eigenvalue weighted by Crippen LogP contribution is 2.33. The molecule has 0 bridgehead atoms. The van der Waals surface area contributed by atoms with Gasteiger partial charge in [-0.2, -0.15) is 5.26 Å². The van der Waals surface area contributed by atoms with Crippen molar-refractivity contribution in [3.63, 3.8) is 0 Å². The zero-order valence-corrected chi connectivity index (χ0v) is 19.3. The van der Waals surface area contributed by atoms with Gasteiger partial charge < -0.3 is 19.7 Å². The molecule has 1 saturated heterocycles. The van der Waals surface area contributed by atoms with E-state index in [-0.39, 0.29) is 13.3 Å². The predicted octanol–water partition coefficient (Wildman–Crippen LogP) is 2.59. The van der Waals surface area contributed by atoms with Crippen molar-refractivity contribution in [2.75, 3.05) is 44.4 Å². The Kier molecular flexibility index (Phi) is 6.46. The maximum absolute atomic E-state index is 12.7. The molecule has 1 atom stereocenters. The summed E-state index contributed by atoms with van der Waals surface area (Å²) < 4.78 is 10.9. The summed E-state index contributed by atoms with van der Waals surface area (Å²) in [6.45, 7) is 8.00. The lowest BCUT2D eigenvalue weighted by Gasteiger charge is -2.36. The first kappa shape index (κ1) is 22.6. The van der Waals surface area contributed by atoms with Gasteiger partial charge in [0.05, 0.1) is 17.1 Å². The van der Waals surface area contributed by atoms with E-state index in [1.807, 2.05) is 36.4 Å². The van der Waals surface area contributed by atoms with Crippen LogP contribution in [0.25, 0.3) is 11.0 Å². The number of nitriles is 1. The third-order valence-electron chi connectivity index (χ3n) is 6.18. The molecule has 2 aromatic carbocycles. The number of carbonyl (C=O) groups is 1. The van der Waals surface area contributed by atoms with Crippen LogP contribution in [0.4, 0.5) is 5.82 Å². The van der Waals surface area contributed by atoms with Crippen LogP contribution in [0.1, 0.15) is 17.2 Å². The zero-order valence-electron chi connectivity index (χ0n) is 19.3. The minimum atomic E-state index is -1.06. The second-order valence-electron chi connectivity index (χ2n) is 8.47. The Balaban J connectivity index is 1.36. The number of hydrogen-bond acceptors (Lipinski definition) is 8. The van der Waals surface area contributed by atoms with E-state index >= 15 is 0 Å². The maximum Gasteiger partial charge on any atom is 0.243 e. The van der Waals surface area contributed by atoms with Crippen molar-refractivity contribution in [3.05, 3.63) is 66.4 Å². The molecule has 9 nitrogen and oxygen atoms in total. The number of para-hydroxylation sites is 2. The van der Waals surface area contributed by atoms with Crippen molar-refractivity contribution < 1.29 is 14.3 Å². The maximum atomic E-state index is 12.7. The fourth-order valence-corrected chi connectivity index (χ4v) is 4.36. The van der Waals surface area contributed by atoms with Gasteiger partial charge >= 0.3 is 0 Å². The Morgan fingerprint density at radius 3 is 2.60 bits per heavy atom. The van der Waals surface area contributed by atoms with Crippen molar-refractivity contribution in [3.8, 4) is 17.6 Å². The van der Waals surface area contributed by atoms with Gasteiger partial charge in [0, 0.05) is 39.3 Å². The third-order valence-corrected chi connectivity index (χ3v) is 6.18. The number of benzene rings is 2. The molecule has 1 amide bonds. The molecule has 3 aromatic rings. The first-order chi connectivity index (χ1) is 17.2. The van der Waals surface area contributed by atoms with Crippen LogP contribution in [0, 0.1) is 11.3 Å². The molecule has 1 unspecified atom stereocenters. The number of amides is 1. The molecule has 35 heavy (non-hydrogen) atoms. The number of nitrogens with one attached hydrogen (secondary N) is 1. The minimum Gasteiger partial charge on any atom is -0.454 e. The highest BCUT2D eigenvalue weighted by Gasteiger charge is 2.30. The van der Waals surface area contributed by atoms with Crippen molar-refractivity contribution >= 4 is 22.8 Å². The molecular weight excluding hydrogens is 444 g/mol. The number of nitrogens with zero attached hydrogens (tertiary/aromatic N) is 5. The quantitative estimate of drug-likeness (QED) is 0.526. The van der Waals surface area contributed by atoms with E-state index in [9.17, 15) is 10.1 Å². The number of ether oxygens (including phenoxy) is 2. The fraction of sp³-hybridized carbons (Fsp3) is 0.308. The zero-order chi connectivity index (χ0) is 24.2. The van der Waals surface area contributed by atoms with Gasteiger partial charge in [-0.25, -0.2) is 9.97 Å². The van der Waals surface area contributed by atoms with Crippen LogP contribution in [0.15, 0.2) is 55.1 Å². The fourth-order valence-electron chi connectivity index (χ4n) is 4.36. The topological polar surface area (TPSA) is 104 Å². The monoisotopic (exact) mass is 470 g/mol. The van der Waals surface area contributed by atoms with Crippen molar-refractivity contribution in [1.82, 2.24) is 20.2 Å². The molecule has 3 heterocycles. The summed E-state index contributed by atoms with van der Waals surface area (Å²) in [4.78, 5) is 26.8. The molecule has 0 radical (unpaired) electrons. The normalized spacial score (nSPS) is 16.0. The second kappa shape index (κ2) is 9.99. The Hall–Kier alpha value is -4.16. The molecule has 5 rings (SSSR count). The van der Waals surface area contributed by atoms with Gasteiger partial charge in [-0.05, 0) is 29.8 Å². The van der Waals surface area contributed by atoms with Gasteiger partial charge in [0.15, 0.2) is 23.2 Å². The summed E-state index contributed by atoms with van der Waals surface area (Å²) in [5, 5.41) is 12.6. The number of piperazine rings is 1. The van der Waals surface area contributed by atoms with Crippen molar-refractivity contribution in [2.24, 2.45) is 0 Å². The van der Waals surface area contributed by atoms with Gasteiger partial charge in [0.1, 0.15) is 5.69 Å². The summed E-state index contributed by atoms with van der Waals surface area (Å²) in [5.74, 6) is 0.694. The standard InChI is InChI=1S/C26H26N6O3/c1-2-9-28-26(33)19(15-27)24-25(30-21-6-4-3-5-20(21)29-24)32-12-10-31(11-13-32)16-18-7-8-22-23(14-18)35-17-34-22/h2-8,14,19H,1,9-13,16-17H2,(H,28,33). The molecule has 2 aliphatic heterocycles. The molecule has 9 heteroatoms. The Bertz CT molecular complexity index is 1300. The summed E-state index contributed by atoms with van der Waals surface area (Å²) in [6, 6.07) is 15.7. The van der Waals surface area contributed by atoms with E-state index < -0.39 is 11.8 Å². The van der Waals surface area contributed by atoms with Gasteiger partial charge in [0.25, 0.3) is 0 Å². The second-order valence-corrected chi connectivity index (χ2v) is 8.47. The van der Waals surface area contributed by atoms with E-state index in [1.165, 1.54) is 0 Å². The van der Waals surface area contributed by atoms with E-state index in [0.29, 0.717) is 30.1 Å². The Morgan fingerprint density at radius 2 is 1.86 bits per heavy atom. The lowest BCUT2D eigenvalue weighted by atomic mass is 10.0. The third kappa shape index (κ3) is 4.74. The minimum absolute atomic E-state index is 0.266. The highest BCUT2D eigenvalue weighted by atomic mass is 16.7. The van der Waals surface area contributed by atoms with Crippen molar-refractivity contribution in [1.29, 1.82) is 5.26 Å². The van der Waals surface area contributed by atoms with E-state index in [2.05, 4.69) is 33.8 Å². The van der Waals surface area contributed by atoms with Crippen LogP contribution in [0.3, 0.4) is 0 Å². The van der Waals surface area contributed by atoms with Crippen LogP contribution >= 0.6 is 0 Å². The summed E-state index contributed by atoms with van der Waals surface area (Å²) in [6.07, 6.45) is 1.58. The number of aromatic nitrogens is 2. The molecule has 1 N–H and O–H groups in total. The number of rotatable bonds is 7. The summed E-state index contributed by atoms with van der Waals surface area (Å²) in [7, 11) is 0. The average molecular weight is 471 g/mol. The largest absolute Gasteiger partial charge is 0.454 e. The Morgan fingerprint density at radius 1 is 1.11 bits per heavy atom. The average Bonchev–Trinajstić information content (AvgIpc) is 3.36. The van der Waals surface area contributed by atoms with Crippen LogP contribution in [0.2, 0.25) is 0 Å². The predicted molar refractivity (Wildman–Crippen MR) is 131 cm³/mol. The molecular formula is C26H26N6O3. The lowest BCUT2D eigenvalue weighted by molar-refractivity contribution is -0.121. The molecule has 1 aromatic heterocycles. The number of hydrogen-bond donors (Lipinski definition) is 1. The number of anilines is 1. The van der Waals surface area contributed by atoms with Gasteiger partial charge in [0.2, 0.25) is 12.7 Å². The SMILES string of the molecule is C=CCNC(=O)C(C#N)c1nc2ccccc2nc1N1CCN(Cc2ccc3c(c2)OCO3)CC1. The summed E-state index contributed by atoms with van der Waals surface area (Å²) >= 11 is 0. The first-order valence-electron chi connectivity index (χ1n) is 11.6. The smallest absolute Gasteiger partial charge is 0.243 e. The van der Waals surface area contributed by atoms with E-state index in [1.54, 1.807) is 6.08 Å². The van der Waals surface area contributed by atoms with Crippen LogP contribution in [-0.2, 0) is 11.3 Å². The number of carbonyl (C=O) groups excluding carboxylic acids is 1. The molecule has 0 spiro atoms. The number of fused-ring (bicyclic) bond motifs is 2. The molecule has 2 aliphatic rings. The highest BCUT2D eigenvalue weighted by molar-refractivity contribution is 5.89. The Labute approximate surface area is 203 Å². The van der Waals surface area contributed by atoms with Gasteiger partial charge in [-0.1, -0.05) is 24.3 Å². The molecule has 1 fully saturated rings. The van der Waals surface area contributed by atoms with E-state index in [0.717, 1.165) is 42.2 Å². The van der Waals surface area contributed by atoms with Crippen molar-refractivity contribution in [2.45, 2.75) is 12.5 Å². The molecule has 178 valence electrons. The van der Waals surface area contributed by atoms with Gasteiger partial charge in [-0.3, -0.25) is 9.69 Å². The molecule has 0 aliphatic carbocycles. The lowest BCUT2D eigenvalue weighted by Crippen LogP contribution is -2.47. The van der Waals surface area contributed by atoms with Crippen LogP contribution in [-0.4, -0.2) is 60.3 Å². The van der Waals surface area contributed by atoms with Crippen LogP contribution < -0.4 is 19.7 Å². The molecule has 0 saturated carbocycles. The van der Waals surface area contributed by atoms with Gasteiger partial charge in [-0.15, -0.1) is 6.58 Å².